The number of benzene rings is 2. The smallest absolute Gasteiger partial charge is 0.411 e. The number of nitriles is 1. The number of aromatic nitrogens is 3. The molecule has 1 amide bonds. The van der Waals surface area contributed by atoms with Gasteiger partial charge in [0.1, 0.15) is 17.9 Å². The minimum Gasteiger partial charge on any atom is -0.446 e. The molecule has 0 spiro atoms. The Hall–Kier alpha value is -4.38. The van der Waals surface area contributed by atoms with E-state index in [0.29, 0.717) is 40.5 Å². The van der Waals surface area contributed by atoms with Gasteiger partial charge in [0.15, 0.2) is 0 Å². The van der Waals surface area contributed by atoms with Crippen LogP contribution in [0.2, 0.25) is 0 Å². The van der Waals surface area contributed by atoms with Crippen molar-refractivity contribution in [3.63, 3.8) is 0 Å². The van der Waals surface area contributed by atoms with Crippen LogP contribution in [0.5, 0.6) is 11.6 Å². The van der Waals surface area contributed by atoms with Crippen molar-refractivity contribution in [2.24, 2.45) is 5.92 Å². The topological polar surface area (TPSA) is 102 Å². The highest BCUT2D eigenvalue weighted by Crippen LogP contribution is 2.43. The van der Waals surface area contributed by atoms with Crippen molar-refractivity contribution in [1.29, 1.82) is 5.26 Å². The zero-order chi connectivity index (χ0) is 26.2. The van der Waals surface area contributed by atoms with E-state index in [9.17, 15) is 10.1 Å². The summed E-state index contributed by atoms with van der Waals surface area (Å²) in [4.78, 5) is 20.8. The third-order valence-corrected chi connectivity index (χ3v) is 7.56. The molecule has 2 aliphatic carbocycles. The highest BCUT2D eigenvalue weighted by Gasteiger charge is 2.31. The van der Waals surface area contributed by atoms with Crippen LogP contribution in [0.4, 0.5) is 10.5 Å². The van der Waals surface area contributed by atoms with Gasteiger partial charge in [-0.15, -0.1) is 0 Å². The van der Waals surface area contributed by atoms with Gasteiger partial charge in [0, 0.05) is 29.5 Å². The first-order chi connectivity index (χ1) is 18.5. The summed E-state index contributed by atoms with van der Waals surface area (Å²) in [6, 6.07) is 16.2. The summed E-state index contributed by atoms with van der Waals surface area (Å²) >= 11 is 0. The summed E-state index contributed by atoms with van der Waals surface area (Å²) < 4.78 is 13.8. The summed E-state index contributed by atoms with van der Waals surface area (Å²) in [6.07, 6.45) is 8.26. The quantitative estimate of drug-likeness (QED) is 0.285. The molecule has 2 heterocycles. The number of nitrogens with zero attached hydrogens (tertiary/aromatic N) is 4. The van der Waals surface area contributed by atoms with Crippen LogP contribution in [0.1, 0.15) is 56.3 Å². The lowest BCUT2D eigenvalue weighted by Gasteiger charge is -2.30. The van der Waals surface area contributed by atoms with Crippen LogP contribution in [-0.4, -0.2) is 26.7 Å². The van der Waals surface area contributed by atoms with Crippen LogP contribution in [0, 0.1) is 24.2 Å². The molecule has 1 N–H and O–H groups in total. The first-order valence-corrected chi connectivity index (χ1v) is 13.1. The number of anilines is 1. The Kier molecular flexibility index (Phi) is 6.20. The number of carbonyl (C=O) groups excluding carboxylic acids is 1. The minimum atomic E-state index is -0.440. The molecule has 2 saturated carbocycles. The van der Waals surface area contributed by atoms with E-state index in [2.05, 4.69) is 25.9 Å². The average Bonchev–Trinajstić information content (AvgIpc) is 3.69. The summed E-state index contributed by atoms with van der Waals surface area (Å²) in [5, 5.41) is 14.0. The number of ether oxygens (including phenoxy) is 2. The van der Waals surface area contributed by atoms with Crippen LogP contribution in [0.3, 0.4) is 0 Å². The highest BCUT2D eigenvalue weighted by atomic mass is 16.6. The Labute approximate surface area is 221 Å². The molecule has 8 nitrogen and oxygen atoms in total. The molecule has 38 heavy (non-hydrogen) atoms. The number of hydrogen-bond donors (Lipinski definition) is 1. The number of nitrogens with one attached hydrogen (secondary N) is 1. The number of amides is 1. The number of fused-ring (bicyclic) bond motifs is 1. The van der Waals surface area contributed by atoms with Gasteiger partial charge >= 0.3 is 6.09 Å². The van der Waals surface area contributed by atoms with Crippen molar-refractivity contribution in [3.05, 3.63) is 66.1 Å². The third kappa shape index (κ3) is 4.56. The molecular formula is C30H29N5O3. The fourth-order valence-electron chi connectivity index (χ4n) is 5.07. The second-order valence-electron chi connectivity index (χ2n) is 10.2. The lowest BCUT2D eigenvalue weighted by Crippen LogP contribution is -2.21. The fourth-order valence-corrected chi connectivity index (χ4v) is 5.07. The van der Waals surface area contributed by atoms with Gasteiger partial charge in [0.05, 0.1) is 22.5 Å². The van der Waals surface area contributed by atoms with E-state index in [1.165, 1.54) is 6.42 Å². The first-order valence-electron chi connectivity index (χ1n) is 13.1. The van der Waals surface area contributed by atoms with Crippen molar-refractivity contribution in [2.45, 2.75) is 58.1 Å². The van der Waals surface area contributed by atoms with Gasteiger partial charge in [0.2, 0.25) is 5.88 Å². The maximum atomic E-state index is 12.3. The van der Waals surface area contributed by atoms with Gasteiger partial charge in [-0.2, -0.15) is 5.26 Å². The lowest BCUT2D eigenvalue weighted by molar-refractivity contribution is 0.108. The Morgan fingerprint density at radius 1 is 1.11 bits per heavy atom. The Balaban J connectivity index is 1.34. The number of aryl methyl sites for hydroxylation is 1. The predicted octanol–water partition coefficient (Wildman–Crippen LogP) is 7.14. The molecule has 4 aromatic rings. The van der Waals surface area contributed by atoms with Gasteiger partial charge in [0.25, 0.3) is 0 Å². The largest absolute Gasteiger partial charge is 0.446 e. The van der Waals surface area contributed by atoms with E-state index < -0.39 is 6.09 Å². The van der Waals surface area contributed by atoms with E-state index >= 15 is 0 Å². The SMILES string of the molecule is Cc1nccnc1Oc1ccc2c(c1)c(C#N)c(-c1ccc(NC(=O)O[C@H](C)C3CC3)cc1)n2C1CCC1. The van der Waals surface area contributed by atoms with Gasteiger partial charge in [-0.3, -0.25) is 10.3 Å². The highest BCUT2D eigenvalue weighted by molar-refractivity contribution is 5.96. The van der Waals surface area contributed by atoms with Crippen molar-refractivity contribution in [1.82, 2.24) is 14.5 Å². The van der Waals surface area contributed by atoms with Crippen molar-refractivity contribution in [2.75, 3.05) is 5.32 Å². The minimum absolute atomic E-state index is 0.0719. The Morgan fingerprint density at radius 2 is 1.87 bits per heavy atom. The summed E-state index contributed by atoms with van der Waals surface area (Å²) in [5.41, 5.74) is 4.76. The van der Waals surface area contributed by atoms with Gasteiger partial charge in [-0.05, 0) is 87.8 Å². The molecule has 6 rings (SSSR count). The Morgan fingerprint density at radius 3 is 2.53 bits per heavy atom. The van der Waals surface area contributed by atoms with Crippen molar-refractivity contribution >= 4 is 22.7 Å². The number of carbonyl (C=O) groups is 1. The van der Waals surface area contributed by atoms with E-state index in [-0.39, 0.29) is 6.10 Å². The van der Waals surface area contributed by atoms with Crippen LogP contribution in [0.15, 0.2) is 54.9 Å². The molecule has 8 heteroatoms. The third-order valence-electron chi connectivity index (χ3n) is 7.56. The molecule has 2 aromatic heterocycles. The molecule has 0 unspecified atom stereocenters. The fraction of sp³-hybridized carbons (Fsp3) is 0.333. The maximum absolute atomic E-state index is 12.3. The molecule has 2 aliphatic rings. The van der Waals surface area contributed by atoms with Gasteiger partial charge in [-0.25, -0.2) is 9.78 Å². The molecule has 0 aliphatic heterocycles. The van der Waals surface area contributed by atoms with Gasteiger partial charge in [-0.1, -0.05) is 12.1 Å². The number of rotatable bonds is 7. The predicted molar refractivity (Wildman–Crippen MR) is 144 cm³/mol. The van der Waals surface area contributed by atoms with Crippen LogP contribution >= 0.6 is 0 Å². The zero-order valence-corrected chi connectivity index (χ0v) is 21.5. The van der Waals surface area contributed by atoms with Crippen LogP contribution in [-0.2, 0) is 4.74 Å². The normalized spacial score (nSPS) is 15.9. The molecule has 0 radical (unpaired) electrons. The van der Waals surface area contributed by atoms with Gasteiger partial charge < -0.3 is 14.0 Å². The number of hydrogen-bond acceptors (Lipinski definition) is 6. The Bertz CT molecular complexity index is 1540. The molecule has 0 bridgehead atoms. The van der Waals surface area contributed by atoms with Crippen molar-refractivity contribution in [3.8, 4) is 29.0 Å². The molecule has 0 saturated heterocycles. The summed E-state index contributed by atoms with van der Waals surface area (Å²) in [6.45, 7) is 3.78. The maximum Gasteiger partial charge on any atom is 0.411 e. The zero-order valence-electron chi connectivity index (χ0n) is 21.5. The van der Waals surface area contributed by atoms with E-state index in [4.69, 9.17) is 9.47 Å². The molecule has 2 aromatic carbocycles. The standard InChI is InChI=1S/C30H29N5O3/c1-18-29(33-15-14-32-18)38-24-12-13-27-25(16-24)26(17-31)28(35(27)23-4-3-5-23)21-8-10-22(11-9-21)34-30(36)37-19(2)20-6-7-20/h8-16,19-20,23H,3-7H2,1-2H3,(H,34,36)/t19-/m1/s1. The van der Waals surface area contributed by atoms with E-state index in [1.807, 2.05) is 56.3 Å². The average molecular weight is 508 g/mol. The monoisotopic (exact) mass is 507 g/mol. The molecule has 2 fully saturated rings. The second kappa shape index (κ2) is 9.82. The second-order valence-corrected chi connectivity index (χ2v) is 10.2. The summed E-state index contributed by atoms with van der Waals surface area (Å²) in [5.74, 6) is 1.53. The van der Waals surface area contributed by atoms with E-state index in [0.717, 1.165) is 47.8 Å². The molecular weight excluding hydrogens is 478 g/mol. The van der Waals surface area contributed by atoms with Crippen LogP contribution < -0.4 is 10.1 Å². The molecule has 1 atom stereocenters. The molecule has 192 valence electrons. The van der Waals surface area contributed by atoms with Crippen LogP contribution in [0.25, 0.3) is 22.2 Å². The first kappa shape index (κ1) is 24.0. The summed E-state index contributed by atoms with van der Waals surface area (Å²) in [7, 11) is 0. The van der Waals surface area contributed by atoms with E-state index in [1.54, 1.807) is 12.4 Å². The lowest BCUT2D eigenvalue weighted by atomic mass is 9.92. The van der Waals surface area contributed by atoms with Crippen molar-refractivity contribution < 1.29 is 14.3 Å².